The van der Waals surface area contributed by atoms with Crippen LogP contribution in [-0.2, 0) is 0 Å². The number of halogens is 3. The van der Waals surface area contributed by atoms with Crippen LogP contribution in [0.4, 0.5) is 4.39 Å². The van der Waals surface area contributed by atoms with Crippen molar-refractivity contribution in [2.24, 2.45) is 0 Å². The van der Waals surface area contributed by atoms with E-state index in [1.807, 2.05) is 25.1 Å². The number of carbonyl (C=O) groups is 1. The van der Waals surface area contributed by atoms with E-state index < -0.39 is 0 Å². The van der Waals surface area contributed by atoms with Gasteiger partial charge in [0.2, 0.25) is 0 Å². The Morgan fingerprint density at radius 1 is 1.33 bits per heavy atom. The minimum Gasteiger partial charge on any atom is -0.345 e. The van der Waals surface area contributed by atoms with E-state index in [4.69, 9.17) is 11.6 Å². The van der Waals surface area contributed by atoms with Gasteiger partial charge < -0.3 is 5.32 Å². The Kier molecular flexibility index (Phi) is 5.37. The maximum absolute atomic E-state index is 13.1. The minimum atomic E-state index is -0.389. The van der Waals surface area contributed by atoms with Crippen molar-refractivity contribution in [3.8, 4) is 0 Å². The molecule has 0 radical (unpaired) electrons. The lowest BCUT2D eigenvalue weighted by atomic mass is 10.0. The average molecular weight is 371 g/mol. The summed E-state index contributed by atoms with van der Waals surface area (Å²) in [7, 11) is 0. The normalized spacial score (nSPS) is 12.0. The molecule has 1 N–H and O–H groups in total. The molecular weight excluding hydrogens is 357 g/mol. The van der Waals surface area contributed by atoms with Crippen LogP contribution in [0, 0.1) is 5.82 Å². The first-order valence-corrected chi connectivity index (χ1v) is 7.69. The average Bonchev–Trinajstić information content (AvgIpc) is 2.44. The Balaban J connectivity index is 2.20. The molecular formula is C16H14BrClFNO. The first-order chi connectivity index (χ1) is 10.0. The second kappa shape index (κ2) is 7.05. The van der Waals surface area contributed by atoms with E-state index in [9.17, 15) is 9.18 Å². The molecule has 0 saturated heterocycles. The Bertz CT molecular complexity index is 662. The standard InChI is InChI=1S/C16H14BrClFNO/c1-2-15(10-4-3-5-11(18)8-10)20-16(21)13-7-6-12(19)9-14(13)17/h3-9,15H,2H2,1H3,(H,20,21). The summed E-state index contributed by atoms with van der Waals surface area (Å²) in [6.45, 7) is 1.98. The highest BCUT2D eigenvalue weighted by Gasteiger charge is 2.16. The molecule has 5 heteroatoms. The van der Waals surface area contributed by atoms with Gasteiger partial charge in [-0.2, -0.15) is 0 Å². The monoisotopic (exact) mass is 369 g/mol. The first kappa shape index (κ1) is 16.0. The summed E-state index contributed by atoms with van der Waals surface area (Å²) in [6, 6.07) is 11.2. The predicted molar refractivity (Wildman–Crippen MR) is 86.1 cm³/mol. The van der Waals surface area contributed by atoms with Crippen molar-refractivity contribution in [3.63, 3.8) is 0 Å². The Hall–Kier alpha value is -1.39. The summed E-state index contributed by atoms with van der Waals surface area (Å²) >= 11 is 9.19. The third-order valence-corrected chi connectivity index (χ3v) is 4.03. The zero-order valence-corrected chi connectivity index (χ0v) is 13.7. The van der Waals surface area contributed by atoms with E-state index >= 15 is 0 Å². The van der Waals surface area contributed by atoms with Gasteiger partial charge in [0, 0.05) is 9.50 Å². The van der Waals surface area contributed by atoms with Crippen LogP contribution in [0.1, 0.15) is 35.3 Å². The molecule has 2 aromatic carbocycles. The fraction of sp³-hybridized carbons (Fsp3) is 0.188. The van der Waals surface area contributed by atoms with Crippen molar-refractivity contribution >= 4 is 33.4 Å². The van der Waals surface area contributed by atoms with Crippen molar-refractivity contribution < 1.29 is 9.18 Å². The van der Waals surface area contributed by atoms with E-state index in [0.717, 1.165) is 12.0 Å². The SMILES string of the molecule is CCC(NC(=O)c1ccc(F)cc1Br)c1cccc(Cl)c1. The van der Waals surface area contributed by atoms with Crippen LogP contribution < -0.4 is 5.32 Å². The zero-order chi connectivity index (χ0) is 15.4. The van der Waals surface area contributed by atoms with Crippen LogP contribution >= 0.6 is 27.5 Å². The number of hydrogen-bond acceptors (Lipinski definition) is 1. The Labute approximate surface area is 136 Å². The van der Waals surface area contributed by atoms with Gasteiger partial charge in [0.05, 0.1) is 11.6 Å². The fourth-order valence-electron chi connectivity index (χ4n) is 2.05. The number of amides is 1. The molecule has 1 atom stereocenters. The van der Waals surface area contributed by atoms with Gasteiger partial charge in [0.25, 0.3) is 5.91 Å². The lowest BCUT2D eigenvalue weighted by molar-refractivity contribution is 0.0934. The molecule has 1 unspecified atom stereocenters. The number of benzene rings is 2. The molecule has 0 aromatic heterocycles. The molecule has 0 saturated carbocycles. The van der Waals surface area contributed by atoms with Gasteiger partial charge in [-0.05, 0) is 58.2 Å². The Morgan fingerprint density at radius 3 is 2.71 bits per heavy atom. The summed E-state index contributed by atoms with van der Waals surface area (Å²) in [4.78, 5) is 12.3. The van der Waals surface area contributed by atoms with E-state index in [1.165, 1.54) is 18.2 Å². The van der Waals surface area contributed by atoms with E-state index in [1.54, 1.807) is 6.07 Å². The summed E-state index contributed by atoms with van der Waals surface area (Å²) in [5, 5.41) is 3.56. The van der Waals surface area contributed by atoms with Gasteiger partial charge in [-0.15, -0.1) is 0 Å². The van der Waals surface area contributed by atoms with Crippen LogP contribution in [0.3, 0.4) is 0 Å². The van der Waals surface area contributed by atoms with Crippen LogP contribution in [0.25, 0.3) is 0 Å². The highest BCUT2D eigenvalue weighted by Crippen LogP contribution is 2.23. The number of carbonyl (C=O) groups excluding carboxylic acids is 1. The van der Waals surface area contributed by atoms with Crippen LogP contribution in [0.2, 0.25) is 5.02 Å². The van der Waals surface area contributed by atoms with Gasteiger partial charge in [-0.25, -0.2) is 4.39 Å². The predicted octanol–water partition coefficient (Wildman–Crippen LogP) is 5.12. The topological polar surface area (TPSA) is 29.1 Å². The molecule has 2 aromatic rings. The third-order valence-electron chi connectivity index (χ3n) is 3.14. The van der Waals surface area contributed by atoms with Gasteiger partial charge in [0.1, 0.15) is 5.82 Å². The Morgan fingerprint density at radius 2 is 2.10 bits per heavy atom. The zero-order valence-electron chi connectivity index (χ0n) is 11.4. The summed E-state index contributed by atoms with van der Waals surface area (Å²) in [5.41, 5.74) is 1.34. The lowest BCUT2D eigenvalue weighted by Crippen LogP contribution is -2.28. The molecule has 0 aliphatic rings. The maximum atomic E-state index is 13.1. The van der Waals surface area contributed by atoms with Crippen LogP contribution in [0.5, 0.6) is 0 Å². The van der Waals surface area contributed by atoms with Gasteiger partial charge >= 0.3 is 0 Å². The van der Waals surface area contributed by atoms with E-state index in [0.29, 0.717) is 15.1 Å². The molecule has 2 rings (SSSR count). The molecule has 0 aliphatic carbocycles. The van der Waals surface area contributed by atoms with Crippen molar-refractivity contribution in [2.75, 3.05) is 0 Å². The van der Waals surface area contributed by atoms with E-state index in [-0.39, 0.29) is 17.8 Å². The molecule has 0 aliphatic heterocycles. The van der Waals surface area contributed by atoms with Crippen LogP contribution in [-0.4, -0.2) is 5.91 Å². The molecule has 0 bridgehead atoms. The second-order valence-corrected chi connectivity index (χ2v) is 5.90. The quantitative estimate of drug-likeness (QED) is 0.795. The highest BCUT2D eigenvalue weighted by atomic mass is 79.9. The largest absolute Gasteiger partial charge is 0.345 e. The molecule has 1 amide bonds. The smallest absolute Gasteiger partial charge is 0.252 e. The third kappa shape index (κ3) is 4.05. The van der Waals surface area contributed by atoms with Gasteiger partial charge in [0.15, 0.2) is 0 Å². The number of hydrogen-bond donors (Lipinski definition) is 1. The van der Waals surface area contributed by atoms with Gasteiger partial charge in [-0.1, -0.05) is 30.7 Å². The lowest BCUT2D eigenvalue weighted by Gasteiger charge is -2.18. The number of nitrogens with one attached hydrogen (secondary N) is 1. The molecule has 21 heavy (non-hydrogen) atoms. The van der Waals surface area contributed by atoms with Crippen molar-refractivity contribution in [1.29, 1.82) is 0 Å². The molecule has 0 fully saturated rings. The first-order valence-electron chi connectivity index (χ1n) is 6.52. The molecule has 0 spiro atoms. The maximum Gasteiger partial charge on any atom is 0.252 e. The minimum absolute atomic E-state index is 0.145. The molecule has 110 valence electrons. The van der Waals surface area contributed by atoms with Crippen molar-refractivity contribution in [1.82, 2.24) is 5.32 Å². The second-order valence-electron chi connectivity index (χ2n) is 4.61. The fourth-order valence-corrected chi connectivity index (χ4v) is 2.78. The van der Waals surface area contributed by atoms with Crippen molar-refractivity contribution in [3.05, 3.63) is 68.9 Å². The van der Waals surface area contributed by atoms with Crippen molar-refractivity contribution in [2.45, 2.75) is 19.4 Å². The van der Waals surface area contributed by atoms with Crippen LogP contribution in [0.15, 0.2) is 46.9 Å². The van der Waals surface area contributed by atoms with E-state index in [2.05, 4.69) is 21.2 Å². The summed E-state index contributed by atoms with van der Waals surface area (Å²) < 4.78 is 13.5. The number of rotatable bonds is 4. The molecule has 0 heterocycles. The van der Waals surface area contributed by atoms with Gasteiger partial charge in [-0.3, -0.25) is 4.79 Å². The summed E-state index contributed by atoms with van der Waals surface area (Å²) in [5.74, 6) is -0.644. The summed E-state index contributed by atoms with van der Waals surface area (Å²) in [6.07, 6.45) is 0.727. The molecule has 2 nitrogen and oxygen atoms in total. The highest BCUT2D eigenvalue weighted by molar-refractivity contribution is 9.10.